The molecule has 6 heteroatoms. The predicted molar refractivity (Wildman–Crippen MR) is 84.7 cm³/mol. The van der Waals surface area contributed by atoms with E-state index in [9.17, 15) is 4.79 Å². The number of rotatable bonds is 6. The van der Waals surface area contributed by atoms with Gasteiger partial charge in [-0.1, -0.05) is 18.2 Å². The molecule has 1 atom stereocenters. The third kappa shape index (κ3) is 3.52. The second-order valence-corrected chi connectivity index (χ2v) is 5.18. The average molecular weight is 302 g/mol. The molecular formula is C16H22N4O2. The van der Waals surface area contributed by atoms with Crippen LogP contribution in [-0.2, 0) is 16.1 Å². The van der Waals surface area contributed by atoms with Crippen LogP contribution >= 0.6 is 0 Å². The standard InChI is InChI=1S/C16H22N4O2/c1-11-14(9-18-16(21)15(17)10-22-3)12(2)20(19-11)13-7-5-4-6-8-13/h4-8,15H,9-10,17H2,1-3H3,(H,18,21). The molecule has 3 N–H and O–H groups in total. The number of ether oxygens (including phenoxy) is 1. The number of amides is 1. The number of aryl methyl sites for hydroxylation is 1. The molecule has 2 rings (SSSR count). The van der Waals surface area contributed by atoms with E-state index >= 15 is 0 Å². The summed E-state index contributed by atoms with van der Waals surface area (Å²) < 4.78 is 6.76. The SMILES string of the molecule is COCC(N)C(=O)NCc1c(C)nn(-c2ccccc2)c1C. The van der Waals surface area contributed by atoms with Crippen LogP contribution in [0.2, 0.25) is 0 Å². The first-order valence-electron chi connectivity index (χ1n) is 7.17. The number of para-hydroxylation sites is 1. The first-order valence-corrected chi connectivity index (χ1v) is 7.17. The van der Waals surface area contributed by atoms with Crippen molar-refractivity contribution in [3.8, 4) is 5.69 Å². The van der Waals surface area contributed by atoms with Crippen LogP contribution in [0.1, 0.15) is 17.0 Å². The summed E-state index contributed by atoms with van der Waals surface area (Å²) in [6.07, 6.45) is 0. The highest BCUT2D eigenvalue weighted by Crippen LogP contribution is 2.17. The van der Waals surface area contributed by atoms with Crippen LogP contribution < -0.4 is 11.1 Å². The van der Waals surface area contributed by atoms with Gasteiger partial charge in [0, 0.05) is 24.9 Å². The highest BCUT2D eigenvalue weighted by atomic mass is 16.5. The van der Waals surface area contributed by atoms with Crippen molar-refractivity contribution in [3.63, 3.8) is 0 Å². The Morgan fingerprint density at radius 1 is 1.36 bits per heavy atom. The predicted octanol–water partition coefficient (Wildman–Crippen LogP) is 1.08. The number of hydrogen-bond donors (Lipinski definition) is 2. The van der Waals surface area contributed by atoms with Gasteiger partial charge in [0.05, 0.1) is 18.0 Å². The van der Waals surface area contributed by atoms with Crippen LogP contribution in [0.5, 0.6) is 0 Å². The summed E-state index contributed by atoms with van der Waals surface area (Å²) in [7, 11) is 1.52. The van der Waals surface area contributed by atoms with Crippen molar-refractivity contribution in [3.05, 3.63) is 47.3 Å². The van der Waals surface area contributed by atoms with E-state index in [2.05, 4.69) is 10.4 Å². The van der Waals surface area contributed by atoms with E-state index in [0.29, 0.717) is 6.54 Å². The van der Waals surface area contributed by atoms with Gasteiger partial charge in [-0.05, 0) is 26.0 Å². The molecule has 0 radical (unpaired) electrons. The lowest BCUT2D eigenvalue weighted by molar-refractivity contribution is -0.123. The molecule has 0 saturated carbocycles. The van der Waals surface area contributed by atoms with Crippen molar-refractivity contribution in [2.24, 2.45) is 5.73 Å². The summed E-state index contributed by atoms with van der Waals surface area (Å²) >= 11 is 0. The molecule has 0 aliphatic carbocycles. The van der Waals surface area contributed by atoms with Gasteiger partial charge in [0.15, 0.2) is 0 Å². The fraction of sp³-hybridized carbons (Fsp3) is 0.375. The molecule has 1 aromatic carbocycles. The Labute approximate surface area is 130 Å². The van der Waals surface area contributed by atoms with Gasteiger partial charge >= 0.3 is 0 Å². The lowest BCUT2D eigenvalue weighted by Gasteiger charge is -2.11. The van der Waals surface area contributed by atoms with E-state index in [1.165, 1.54) is 7.11 Å². The first kappa shape index (κ1) is 16.2. The number of carbonyl (C=O) groups is 1. The van der Waals surface area contributed by atoms with Gasteiger partial charge in [-0.15, -0.1) is 0 Å². The Bertz CT molecular complexity index is 637. The van der Waals surface area contributed by atoms with Gasteiger partial charge in [-0.2, -0.15) is 5.10 Å². The van der Waals surface area contributed by atoms with Crippen LogP contribution in [0, 0.1) is 13.8 Å². The fourth-order valence-corrected chi connectivity index (χ4v) is 2.31. The smallest absolute Gasteiger partial charge is 0.239 e. The summed E-state index contributed by atoms with van der Waals surface area (Å²) in [6.45, 7) is 4.53. The third-order valence-electron chi connectivity index (χ3n) is 3.56. The Kier molecular flexibility index (Phi) is 5.30. The minimum Gasteiger partial charge on any atom is -0.383 e. The van der Waals surface area contributed by atoms with Crippen LogP contribution in [0.25, 0.3) is 5.69 Å². The molecule has 1 heterocycles. The number of nitrogens with one attached hydrogen (secondary N) is 1. The van der Waals surface area contributed by atoms with E-state index in [4.69, 9.17) is 10.5 Å². The Hall–Kier alpha value is -2.18. The van der Waals surface area contributed by atoms with Gasteiger partial charge < -0.3 is 15.8 Å². The summed E-state index contributed by atoms with van der Waals surface area (Å²) in [5, 5.41) is 7.38. The molecule has 2 aromatic rings. The largest absolute Gasteiger partial charge is 0.383 e. The van der Waals surface area contributed by atoms with E-state index in [1.54, 1.807) is 0 Å². The molecule has 1 amide bonds. The van der Waals surface area contributed by atoms with Crippen LogP contribution in [-0.4, -0.2) is 35.4 Å². The third-order valence-corrected chi connectivity index (χ3v) is 3.56. The maximum absolute atomic E-state index is 11.9. The maximum atomic E-state index is 11.9. The van der Waals surface area contributed by atoms with Crippen LogP contribution in [0.4, 0.5) is 0 Å². The minimum absolute atomic E-state index is 0.201. The van der Waals surface area contributed by atoms with E-state index in [-0.39, 0.29) is 12.5 Å². The van der Waals surface area contributed by atoms with Crippen molar-refractivity contribution >= 4 is 5.91 Å². The van der Waals surface area contributed by atoms with Crippen molar-refractivity contribution in [2.45, 2.75) is 26.4 Å². The lowest BCUT2D eigenvalue weighted by Crippen LogP contribution is -2.43. The minimum atomic E-state index is -0.658. The molecule has 22 heavy (non-hydrogen) atoms. The zero-order valence-electron chi connectivity index (χ0n) is 13.2. The molecular weight excluding hydrogens is 280 g/mol. The summed E-state index contributed by atoms with van der Waals surface area (Å²) in [4.78, 5) is 11.9. The zero-order valence-corrected chi connectivity index (χ0v) is 13.2. The molecule has 0 spiro atoms. The Morgan fingerprint density at radius 3 is 2.68 bits per heavy atom. The van der Waals surface area contributed by atoms with Gasteiger partial charge in [-0.25, -0.2) is 4.68 Å². The normalized spacial score (nSPS) is 12.2. The monoisotopic (exact) mass is 302 g/mol. The molecule has 0 saturated heterocycles. The fourth-order valence-electron chi connectivity index (χ4n) is 2.31. The average Bonchev–Trinajstić information content (AvgIpc) is 2.81. The van der Waals surface area contributed by atoms with E-state index in [1.807, 2.05) is 48.9 Å². The Morgan fingerprint density at radius 2 is 2.05 bits per heavy atom. The van der Waals surface area contributed by atoms with Gasteiger partial charge in [0.2, 0.25) is 5.91 Å². The molecule has 0 aliphatic rings. The van der Waals surface area contributed by atoms with E-state index < -0.39 is 6.04 Å². The quantitative estimate of drug-likeness (QED) is 0.836. The van der Waals surface area contributed by atoms with Crippen molar-refractivity contribution in [1.29, 1.82) is 0 Å². The molecule has 0 aliphatic heterocycles. The second-order valence-electron chi connectivity index (χ2n) is 5.18. The molecule has 1 aromatic heterocycles. The van der Waals surface area contributed by atoms with Crippen molar-refractivity contribution < 1.29 is 9.53 Å². The number of hydrogen-bond acceptors (Lipinski definition) is 4. The molecule has 0 fully saturated rings. The number of aromatic nitrogens is 2. The topological polar surface area (TPSA) is 82.2 Å². The van der Waals surface area contributed by atoms with Crippen molar-refractivity contribution in [2.75, 3.05) is 13.7 Å². The number of nitrogens with two attached hydrogens (primary N) is 1. The van der Waals surface area contributed by atoms with Gasteiger partial charge in [-0.3, -0.25) is 4.79 Å². The lowest BCUT2D eigenvalue weighted by atomic mass is 10.2. The number of nitrogens with zero attached hydrogens (tertiary/aromatic N) is 2. The Balaban J connectivity index is 2.13. The number of benzene rings is 1. The number of methoxy groups -OCH3 is 1. The van der Waals surface area contributed by atoms with Gasteiger partial charge in [0.25, 0.3) is 0 Å². The second kappa shape index (κ2) is 7.20. The summed E-state index contributed by atoms with van der Waals surface area (Å²) in [6, 6.07) is 9.24. The molecule has 0 bridgehead atoms. The number of carbonyl (C=O) groups excluding carboxylic acids is 1. The molecule has 6 nitrogen and oxygen atoms in total. The zero-order chi connectivity index (χ0) is 16.1. The van der Waals surface area contributed by atoms with Crippen LogP contribution in [0.3, 0.4) is 0 Å². The first-order chi connectivity index (χ1) is 10.5. The van der Waals surface area contributed by atoms with Gasteiger partial charge in [0.1, 0.15) is 6.04 Å². The summed E-state index contributed by atoms with van der Waals surface area (Å²) in [5.41, 5.74) is 9.60. The highest BCUT2D eigenvalue weighted by molar-refractivity contribution is 5.81. The molecule has 118 valence electrons. The van der Waals surface area contributed by atoms with Crippen LogP contribution in [0.15, 0.2) is 30.3 Å². The molecule has 1 unspecified atom stereocenters. The summed E-state index contributed by atoms with van der Waals surface area (Å²) in [5.74, 6) is -0.229. The van der Waals surface area contributed by atoms with Crippen molar-refractivity contribution in [1.82, 2.24) is 15.1 Å². The maximum Gasteiger partial charge on any atom is 0.239 e. The highest BCUT2D eigenvalue weighted by Gasteiger charge is 2.16. The van der Waals surface area contributed by atoms with E-state index in [0.717, 1.165) is 22.6 Å².